The van der Waals surface area contributed by atoms with E-state index in [-0.39, 0.29) is 16.9 Å². The Hall–Kier alpha value is -2.68. The molecule has 106 valence electrons. The highest BCUT2D eigenvalue weighted by atomic mass is 19.1. The van der Waals surface area contributed by atoms with Crippen LogP contribution in [0.15, 0.2) is 24.5 Å². The molecule has 0 radical (unpaired) electrons. The second kappa shape index (κ2) is 4.42. The lowest BCUT2D eigenvalue weighted by molar-refractivity contribution is -0.00796. The number of esters is 1. The quantitative estimate of drug-likeness (QED) is 0.754. The van der Waals surface area contributed by atoms with Gasteiger partial charge in [-0.15, -0.1) is 0 Å². The molecule has 0 atom stereocenters. The van der Waals surface area contributed by atoms with E-state index in [2.05, 4.69) is 4.98 Å². The molecule has 0 unspecified atom stereocenters. The van der Waals surface area contributed by atoms with Crippen molar-refractivity contribution >= 4 is 5.97 Å². The van der Waals surface area contributed by atoms with Gasteiger partial charge in [0.15, 0.2) is 5.69 Å². The van der Waals surface area contributed by atoms with Crippen LogP contribution < -0.4 is 0 Å². The molecule has 0 saturated heterocycles. The van der Waals surface area contributed by atoms with Gasteiger partial charge < -0.3 is 4.74 Å². The van der Waals surface area contributed by atoms with Crippen molar-refractivity contribution in [1.29, 1.82) is 5.26 Å². The lowest BCUT2D eigenvalue weighted by atomic mass is 9.98. The highest BCUT2D eigenvalue weighted by Crippen LogP contribution is 2.29. The van der Waals surface area contributed by atoms with Crippen LogP contribution in [0.5, 0.6) is 0 Å². The highest BCUT2D eigenvalue weighted by molar-refractivity contribution is 5.91. The Labute approximate surface area is 120 Å². The summed E-state index contributed by atoms with van der Waals surface area (Å²) in [4.78, 5) is 16.3. The molecule has 1 aliphatic heterocycles. The van der Waals surface area contributed by atoms with Gasteiger partial charge in [-0.25, -0.2) is 14.2 Å². The number of ether oxygens (including phenoxy) is 1. The van der Waals surface area contributed by atoms with E-state index in [4.69, 9.17) is 10.00 Å². The van der Waals surface area contributed by atoms with Crippen molar-refractivity contribution in [1.82, 2.24) is 9.55 Å². The molecule has 21 heavy (non-hydrogen) atoms. The molecular weight excluding hydrogens is 273 g/mol. The number of carbonyl (C=O) groups is 1. The van der Waals surface area contributed by atoms with Crippen LogP contribution >= 0.6 is 0 Å². The molecule has 0 bridgehead atoms. The standard InChI is InChI=1S/C15H12FN3O2/c1-15(2)6-11-13(14(20)21-15)19(8-18-11)12-4-3-9(7-17)5-10(12)16/h3-5,8H,6H2,1-2H3. The van der Waals surface area contributed by atoms with E-state index in [1.54, 1.807) is 13.8 Å². The second-order valence-corrected chi connectivity index (χ2v) is 5.51. The van der Waals surface area contributed by atoms with Crippen molar-refractivity contribution < 1.29 is 13.9 Å². The molecule has 0 fully saturated rings. The first-order valence-corrected chi connectivity index (χ1v) is 6.41. The summed E-state index contributed by atoms with van der Waals surface area (Å²) >= 11 is 0. The summed E-state index contributed by atoms with van der Waals surface area (Å²) in [7, 11) is 0. The summed E-state index contributed by atoms with van der Waals surface area (Å²) in [5.74, 6) is -1.12. The molecule has 0 amide bonds. The molecule has 1 aromatic carbocycles. The number of rotatable bonds is 1. The topological polar surface area (TPSA) is 67.9 Å². The fourth-order valence-corrected chi connectivity index (χ4v) is 2.42. The number of hydrogen-bond acceptors (Lipinski definition) is 4. The van der Waals surface area contributed by atoms with Crippen molar-refractivity contribution in [2.75, 3.05) is 0 Å². The van der Waals surface area contributed by atoms with E-state index in [0.29, 0.717) is 12.1 Å². The average molecular weight is 285 g/mol. The van der Waals surface area contributed by atoms with Crippen LogP contribution in [-0.2, 0) is 11.2 Å². The number of cyclic esters (lactones) is 1. The molecule has 0 aliphatic carbocycles. The van der Waals surface area contributed by atoms with Gasteiger partial charge in [-0.1, -0.05) is 0 Å². The Morgan fingerprint density at radius 1 is 1.48 bits per heavy atom. The molecule has 6 heteroatoms. The van der Waals surface area contributed by atoms with E-state index in [9.17, 15) is 9.18 Å². The van der Waals surface area contributed by atoms with Crippen LogP contribution in [0.3, 0.4) is 0 Å². The van der Waals surface area contributed by atoms with Gasteiger partial charge in [0.2, 0.25) is 0 Å². The molecular formula is C15H12FN3O2. The Morgan fingerprint density at radius 3 is 2.90 bits per heavy atom. The SMILES string of the molecule is CC1(C)Cc2ncn(-c3ccc(C#N)cc3F)c2C(=O)O1. The largest absolute Gasteiger partial charge is 0.455 e. The lowest BCUT2D eigenvalue weighted by Crippen LogP contribution is -2.36. The Kier molecular flexibility index (Phi) is 2.80. The monoisotopic (exact) mass is 285 g/mol. The highest BCUT2D eigenvalue weighted by Gasteiger charge is 2.36. The molecule has 3 rings (SSSR count). The van der Waals surface area contributed by atoms with Gasteiger partial charge in [0.25, 0.3) is 0 Å². The maximum absolute atomic E-state index is 14.1. The smallest absolute Gasteiger partial charge is 0.357 e. The number of hydrogen-bond donors (Lipinski definition) is 0. The minimum absolute atomic E-state index is 0.166. The zero-order valence-corrected chi connectivity index (χ0v) is 11.6. The van der Waals surface area contributed by atoms with Crippen LogP contribution in [0.2, 0.25) is 0 Å². The van der Waals surface area contributed by atoms with Crippen LogP contribution in [-0.4, -0.2) is 21.1 Å². The predicted molar refractivity (Wildman–Crippen MR) is 71.4 cm³/mol. The Morgan fingerprint density at radius 2 is 2.24 bits per heavy atom. The van der Waals surface area contributed by atoms with Gasteiger partial charge in [-0.3, -0.25) is 4.57 Å². The minimum atomic E-state index is -0.619. The van der Waals surface area contributed by atoms with Crippen LogP contribution in [0, 0.1) is 17.1 Å². The predicted octanol–water partition coefficient (Wildman–Crippen LogP) is 2.37. The molecule has 1 aromatic heterocycles. The van der Waals surface area contributed by atoms with Crippen LogP contribution in [0.4, 0.5) is 4.39 Å². The normalized spacial score (nSPS) is 16.0. The Balaban J connectivity index is 2.13. The first-order valence-electron chi connectivity index (χ1n) is 6.41. The van der Waals surface area contributed by atoms with Gasteiger partial charge in [0.05, 0.1) is 23.0 Å². The molecule has 5 nitrogen and oxygen atoms in total. The van der Waals surface area contributed by atoms with Crippen molar-refractivity contribution in [2.24, 2.45) is 0 Å². The number of fused-ring (bicyclic) bond motifs is 1. The van der Waals surface area contributed by atoms with Crippen molar-refractivity contribution in [2.45, 2.75) is 25.9 Å². The van der Waals surface area contributed by atoms with Gasteiger partial charge in [0.1, 0.15) is 17.7 Å². The summed E-state index contributed by atoms with van der Waals surface area (Å²) < 4.78 is 20.8. The van der Waals surface area contributed by atoms with Gasteiger partial charge >= 0.3 is 5.97 Å². The lowest BCUT2D eigenvalue weighted by Gasteiger charge is -2.29. The number of benzene rings is 1. The third kappa shape index (κ3) is 2.17. The van der Waals surface area contributed by atoms with E-state index in [1.807, 2.05) is 6.07 Å². The van der Waals surface area contributed by atoms with Gasteiger partial charge in [0, 0.05) is 6.42 Å². The zero-order valence-electron chi connectivity index (χ0n) is 11.6. The van der Waals surface area contributed by atoms with Gasteiger partial charge in [-0.2, -0.15) is 5.26 Å². The number of carbonyl (C=O) groups excluding carboxylic acids is 1. The zero-order chi connectivity index (χ0) is 15.2. The number of aromatic nitrogens is 2. The van der Waals surface area contributed by atoms with E-state index in [0.717, 1.165) is 6.07 Å². The summed E-state index contributed by atoms with van der Waals surface area (Å²) in [5.41, 5.74) is 0.582. The molecule has 2 aromatic rings. The first-order chi connectivity index (χ1) is 9.91. The number of nitriles is 1. The van der Waals surface area contributed by atoms with E-state index in [1.165, 1.54) is 23.0 Å². The second-order valence-electron chi connectivity index (χ2n) is 5.51. The summed E-state index contributed by atoms with van der Waals surface area (Å²) in [5, 5.41) is 8.77. The molecule has 0 spiro atoms. The number of halogens is 1. The third-order valence-corrected chi connectivity index (χ3v) is 3.34. The molecule has 1 aliphatic rings. The maximum Gasteiger partial charge on any atom is 0.357 e. The van der Waals surface area contributed by atoms with Crippen molar-refractivity contribution in [3.05, 3.63) is 47.3 Å². The molecule has 0 N–H and O–H groups in total. The van der Waals surface area contributed by atoms with E-state index < -0.39 is 17.4 Å². The van der Waals surface area contributed by atoms with Crippen molar-refractivity contribution in [3.63, 3.8) is 0 Å². The Bertz CT molecular complexity index is 787. The maximum atomic E-state index is 14.1. The fraction of sp³-hybridized carbons (Fsp3) is 0.267. The third-order valence-electron chi connectivity index (χ3n) is 3.34. The van der Waals surface area contributed by atoms with Crippen LogP contribution in [0.25, 0.3) is 5.69 Å². The fourth-order valence-electron chi connectivity index (χ4n) is 2.42. The minimum Gasteiger partial charge on any atom is -0.455 e. The van der Waals surface area contributed by atoms with Gasteiger partial charge in [-0.05, 0) is 32.0 Å². The van der Waals surface area contributed by atoms with E-state index >= 15 is 0 Å². The molecule has 0 saturated carbocycles. The summed E-state index contributed by atoms with van der Waals surface area (Å²) in [6, 6.07) is 5.93. The first kappa shape index (κ1) is 13.3. The van der Waals surface area contributed by atoms with Crippen LogP contribution in [0.1, 0.15) is 35.6 Å². The number of nitrogens with zero attached hydrogens (tertiary/aromatic N) is 3. The number of imidazole rings is 1. The average Bonchev–Trinajstić information content (AvgIpc) is 2.80. The van der Waals surface area contributed by atoms with Crippen molar-refractivity contribution in [3.8, 4) is 11.8 Å². The molecule has 2 heterocycles. The summed E-state index contributed by atoms with van der Waals surface area (Å²) in [6.45, 7) is 3.60. The summed E-state index contributed by atoms with van der Waals surface area (Å²) in [6.07, 6.45) is 1.87.